The van der Waals surface area contributed by atoms with Crippen LogP contribution in [0.15, 0.2) is 48.5 Å². The second-order valence-electron chi connectivity index (χ2n) is 4.91. The number of halogens is 2. The van der Waals surface area contributed by atoms with Crippen LogP contribution in [0.5, 0.6) is 5.75 Å². The first kappa shape index (κ1) is 16.9. The number of nitrogens with zero attached hydrogens (tertiary/aromatic N) is 1. The van der Waals surface area contributed by atoms with E-state index in [0.717, 1.165) is 5.56 Å². The van der Waals surface area contributed by atoms with E-state index < -0.39 is 12.7 Å². The van der Waals surface area contributed by atoms with E-state index >= 15 is 0 Å². The summed E-state index contributed by atoms with van der Waals surface area (Å²) >= 11 is 0. The lowest BCUT2D eigenvalue weighted by molar-refractivity contribution is -0.0498. The molecule has 6 heteroatoms. The standard InChI is InChI=1S/C17H16F2N2O2/c18-17(19)23-15-6-4-14(5-7-15)16(22)11-21-10-13-3-1-2-12(8-13)9-20/h1-8,16-17,21-22H,10-11H2. The topological polar surface area (TPSA) is 65.3 Å². The van der Waals surface area contributed by atoms with Gasteiger partial charge in [-0.2, -0.15) is 14.0 Å². The number of ether oxygens (including phenoxy) is 1. The molecular formula is C17H16F2N2O2. The smallest absolute Gasteiger partial charge is 0.387 e. The molecule has 0 saturated carbocycles. The molecule has 1 atom stereocenters. The van der Waals surface area contributed by atoms with E-state index in [4.69, 9.17) is 5.26 Å². The van der Waals surface area contributed by atoms with Crippen LogP contribution in [0.25, 0.3) is 0 Å². The van der Waals surface area contributed by atoms with Crippen molar-refractivity contribution in [2.45, 2.75) is 19.3 Å². The van der Waals surface area contributed by atoms with Gasteiger partial charge in [0.25, 0.3) is 0 Å². The highest BCUT2D eigenvalue weighted by Crippen LogP contribution is 2.19. The minimum Gasteiger partial charge on any atom is -0.435 e. The molecule has 1 unspecified atom stereocenters. The van der Waals surface area contributed by atoms with Gasteiger partial charge in [-0.3, -0.25) is 0 Å². The Morgan fingerprint density at radius 3 is 2.57 bits per heavy atom. The van der Waals surface area contributed by atoms with Crippen molar-refractivity contribution < 1.29 is 18.6 Å². The molecule has 23 heavy (non-hydrogen) atoms. The summed E-state index contributed by atoms with van der Waals surface area (Å²) in [6, 6.07) is 15.1. The average Bonchev–Trinajstić information content (AvgIpc) is 2.55. The van der Waals surface area contributed by atoms with E-state index in [1.807, 2.05) is 6.07 Å². The average molecular weight is 318 g/mol. The Morgan fingerprint density at radius 2 is 1.91 bits per heavy atom. The fourth-order valence-electron chi connectivity index (χ4n) is 2.09. The number of nitriles is 1. The summed E-state index contributed by atoms with van der Waals surface area (Å²) < 4.78 is 28.4. The Labute approximate surface area is 132 Å². The van der Waals surface area contributed by atoms with Crippen molar-refractivity contribution in [3.05, 3.63) is 65.2 Å². The molecule has 2 aromatic carbocycles. The monoisotopic (exact) mass is 318 g/mol. The van der Waals surface area contributed by atoms with Gasteiger partial charge < -0.3 is 15.2 Å². The molecule has 0 fully saturated rings. The molecule has 2 rings (SSSR count). The predicted molar refractivity (Wildman–Crippen MR) is 80.9 cm³/mol. The number of nitrogens with one attached hydrogen (secondary N) is 1. The van der Waals surface area contributed by atoms with E-state index in [2.05, 4.69) is 16.1 Å². The molecular weight excluding hydrogens is 302 g/mol. The van der Waals surface area contributed by atoms with Gasteiger partial charge in [-0.05, 0) is 35.4 Å². The third-order valence-electron chi connectivity index (χ3n) is 3.21. The van der Waals surface area contributed by atoms with Crippen LogP contribution in [-0.4, -0.2) is 18.3 Å². The Kier molecular flexibility index (Phi) is 6.03. The van der Waals surface area contributed by atoms with E-state index in [9.17, 15) is 13.9 Å². The lowest BCUT2D eigenvalue weighted by Gasteiger charge is -2.13. The van der Waals surface area contributed by atoms with Gasteiger partial charge >= 0.3 is 6.61 Å². The zero-order valence-corrected chi connectivity index (χ0v) is 12.2. The minimum atomic E-state index is -2.86. The summed E-state index contributed by atoms with van der Waals surface area (Å²) in [5.74, 6) is 0.0530. The van der Waals surface area contributed by atoms with Crippen molar-refractivity contribution in [1.82, 2.24) is 5.32 Å². The number of rotatable bonds is 7. The summed E-state index contributed by atoms with van der Waals surface area (Å²) in [6.07, 6.45) is -0.769. The highest BCUT2D eigenvalue weighted by molar-refractivity contribution is 5.32. The molecule has 2 aromatic rings. The predicted octanol–water partition coefficient (Wildman–Crippen LogP) is 2.98. The van der Waals surface area contributed by atoms with Gasteiger partial charge in [0.1, 0.15) is 5.75 Å². The summed E-state index contributed by atoms with van der Waals surface area (Å²) in [6.45, 7) is -2.05. The molecule has 0 aliphatic carbocycles. The Balaban J connectivity index is 1.84. The summed E-state index contributed by atoms with van der Waals surface area (Å²) in [4.78, 5) is 0. The van der Waals surface area contributed by atoms with Gasteiger partial charge in [-0.25, -0.2) is 0 Å². The molecule has 0 radical (unpaired) electrons. The van der Waals surface area contributed by atoms with E-state index in [1.54, 1.807) is 30.3 Å². The molecule has 0 aliphatic rings. The number of alkyl halides is 2. The van der Waals surface area contributed by atoms with Crippen LogP contribution in [-0.2, 0) is 6.54 Å². The second kappa shape index (κ2) is 8.22. The summed E-state index contributed by atoms with van der Waals surface area (Å²) in [5, 5.41) is 22.0. The normalized spacial score (nSPS) is 12.0. The van der Waals surface area contributed by atoms with Crippen LogP contribution in [0.3, 0.4) is 0 Å². The van der Waals surface area contributed by atoms with Crippen LogP contribution in [0.1, 0.15) is 22.8 Å². The lowest BCUT2D eigenvalue weighted by Crippen LogP contribution is -2.21. The van der Waals surface area contributed by atoms with E-state index in [-0.39, 0.29) is 5.75 Å². The molecule has 0 bridgehead atoms. The van der Waals surface area contributed by atoms with Crippen molar-refractivity contribution in [2.75, 3.05) is 6.54 Å². The molecule has 0 aliphatic heterocycles. The maximum absolute atomic E-state index is 12.1. The SMILES string of the molecule is N#Cc1cccc(CNCC(O)c2ccc(OC(F)F)cc2)c1. The third kappa shape index (κ3) is 5.33. The van der Waals surface area contributed by atoms with Crippen molar-refractivity contribution in [3.8, 4) is 11.8 Å². The quantitative estimate of drug-likeness (QED) is 0.824. The molecule has 0 amide bonds. The van der Waals surface area contributed by atoms with Crippen LogP contribution in [0.2, 0.25) is 0 Å². The number of aliphatic hydroxyl groups excluding tert-OH is 1. The molecule has 0 aromatic heterocycles. The maximum Gasteiger partial charge on any atom is 0.387 e. The third-order valence-corrected chi connectivity index (χ3v) is 3.21. The van der Waals surface area contributed by atoms with Gasteiger partial charge in [0.15, 0.2) is 0 Å². The number of hydrogen-bond donors (Lipinski definition) is 2. The van der Waals surface area contributed by atoms with Gasteiger partial charge in [0, 0.05) is 13.1 Å². The van der Waals surface area contributed by atoms with E-state index in [1.165, 1.54) is 12.1 Å². The van der Waals surface area contributed by atoms with Crippen molar-refractivity contribution in [1.29, 1.82) is 5.26 Å². The highest BCUT2D eigenvalue weighted by atomic mass is 19.3. The van der Waals surface area contributed by atoms with Crippen molar-refractivity contribution in [3.63, 3.8) is 0 Å². The first-order chi connectivity index (χ1) is 11.1. The highest BCUT2D eigenvalue weighted by Gasteiger charge is 2.09. The second-order valence-corrected chi connectivity index (χ2v) is 4.91. The number of benzene rings is 2. The van der Waals surface area contributed by atoms with Gasteiger partial charge in [0.05, 0.1) is 17.7 Å². The van der Waals surface area contributed by atoms with Gasteiger partial charge in [-0.15, -0.1) is 0 Å². The zero-order chi connectivity index (χ0) is 16.7. The largest absolute Gasteiger partial charge is 0.435 e. The Bertz CT molecular complexity index is 669. The molecule has 2 N–H and O–H groups in total. The molecule has 0 heterocycles. The first-order valence-corrected chi connectivity index (χ1v) is 7.01. The lowest BCUT2D eigenvalue weighted by atomic mass is 10.1. The number of aliphatic hydroxyl groups is 1. The zero-order valence-electron chi connectivity index (χ0n) is 12.2. The Hall–Kier alpha value is -2.49. The summed E-state index contributed by atoms with van der Waals surface area (Å²) in [5.41, 5.74) is 2.13. The molecule has 0 saturated heterocycles. The van der Waals surface area contributed by atoms with Crippen molar-refractivity contribution in [2.24, 2.45) is 0 Å². The fourth-order valence-corrected chi connectivity index (χ4v) is 2.09. The van der Waals surface area contributed by atoms with Crippen LogP contribution < -0.4 is 10.1 Å². The minimum absolute atomic E-state index is 0.0530. The van der Waals surface area contributed by atoms with Gasteiger partial charge in [0.2, 0.25) is 0 Å². The maximum atomic E-state index is 12.1. The molecule has 0 spiro atoms. The van der Waals surface area contributed by atoms with Crippen LogP contribution >= 0.6 is 0 Å². The van der Waals surface area contributed by atoms with Crippen molar-refractivity contribution >= 4 is 0 Å². The fraction of sp³-hybridized carbons (Fsp3) is 0.235. The van der Waals surface area contributed by atoms with E-state index in [0.29, 0.717) is 24.2 Å². The first-order valence-electron chi connectivity index (χ1n) is 7.01. The van der Waals surface area contributed by atoms with Crippen LogP contribution in [0, 0.1) is 11.3 Å². The molecule has 4 nitrogen and oxygen atoms in total. The number of hydrogen-bond acceptors (Lipinski definition) is 4. The Morgan fingerprint density at radius 1 is 1.17 bits per heavy atom. The molecule has 120 valence electrons. The van der Waals surface area contributed by atoms with Gasteiger partial charge in [-0.1, -0.05) is 24.3 Å². The van der Waals surface area contributed by atoms with Crippen LogP contribution in [0.4, 0.5) is 8.78 Å². The summed E-state index contributed by atoms with van der Waals surface area (Å²) in [7, 11) is 0.